The van der Waals surface area contributed by atoms with Crippen molar-refractivity contribution in [3.8, 4) is 5.75 Å². The monoisotopic (exact) mass is 233 g/mol. The van der Waals surface area contributed by atoms with Gasteiger partial charge in [0.25, 0.3) is 0 Å². The van der Waals surface area contributed by atoms with Crippen molar-refractivity contribution in [2.45, 2.75) is 45.1 Å². The molecular weight excluding hydrogens is 210 g/mol. The molecule has 2 heteroatoms. The van der Waals surface area contributed by atoms with Gasteiger partial charge in [-0.3, -0.25) is 0 Å². The predicted octanol–water partition coefficient (Wildman–Crippen LogP) is 3.10. The second kappa shape index (κ2) is 6.06. The molecule has 0 bridgehead atoms. The average molecular weight is 233 g/mol. The fourth-order valence-electron chi connectivity index (χ4n) is 2.51. The Bertz CT molecular complexity index is 347. The van der Waals surface area contributed by atoms with E-state index in [2.05, 4.69) is 18.3 Å². The molecule has 1 aliphatic carbocycles. The van der Waals surface area contributed by atoms with Crippen molar-refractivity contribution in [2.24, 2.45) is 5.92 Å². The van der Waals surface area contributed by atoms with E-state index in [9.17, 15) is 5.11 Å². The van der Waals surface area contributed by atoms with Crippen LogP contribution in [0.1, 0.15) is 38.2 Å². The van der Waals surface area contributed by atoms with E-state index in [-0.39, 0.29) is 0 Å². The third-order valence-electron chi connectivity index (χ3n) is 3.74. The lowest BCUT2D eigenvalue weighted by molar-refractivity contribution is 0.227. The number of aromatic hydroxyl groups is 1. The van der Waals surface area contributed by atoms with Crippen LogP contribution in [0.3, 0.4) is 0 Å². The Morgan fingerprint density at radius 2 is 2.24 bits per heavy atom. The third kappa shape index (κ3) is 3.47. The molecule has 1 saturated carbocycles. The molecule has 1 atom stereocenters. The molecule has 1 fully saturated rings. The maximum atomic E-state index is 9.49. The highest BCUT2D eigenvalue weighted by Gasteiger charge is 2.26. The maximum absolute atomic E-state index is 9.49. The Balaban J connectivity index is 1.95. The van der Waals surface area contributed by atoms with Gasteiger partial charge in [0.2, 0.25) is 0 Å². The molecule has 0 radical (unpaired) electrons. The molecule has 0 aliphatic heterocycles. The summed E-state index contributed by atoms with van der Waals surface area (Å²) in [6, 6.07) is 8.26. The van der Waals surface area contributed by atoms with Gasteiger partial charge in [-0.25, -0.2) is 0 Å². The number of phenols is 1. The van der Waals surface area contributed by atoms with Crippen molar-refractivity contribution < 1.29 is 5.11 Å². The van der Waals surface area contributed by atoms with Crippen molar-refractivity contribution in [2.75, 3.05) is 6.54 Å². The zero-order chi connectivity index (χ0) is 12.1. The Hall–Kier alpha value is -1.02. The van der Waals surface area contributed by atoms with Gasteiger partial charge < -0.3 is 10.4 Å². The van der Waals surface area contributed by atoms with Gasteiger partial charge >= 0.3 is 0 Å². The van der Waals surface area contributed by atoms with E-state index in [4.69, 9.17) is 0 Å². The molecule has 1 aromatic rings. The van der Waals surface area contributed by atoms with Gasteiger partial charge in [0, 0.05) is 6.04 Å². The molecule has 0 heterocycles. The Labute approximate surface area is 104 Å². The molecule has 94 valence electrons. The molecule has 2 rings (SSSR count). The Morgan fingerprint density at radius 1 is 1.41 bits per heavy atom. The largest absolute Gasteiger partial charge is 0.508 e. The highest BCUT2D eigenvalue weighted by atomic mass is 16.3. The summed E-state index contributed by atoms with van der Waals surface area (Å²) in [4.78, 5) is 0. The summed E-state index contributed by atoms with van der Waals surface area (Å²) < 4.78 is 0. The topological polar surface area (TPSA) is 32.3 Å². The lowest BCUT2D eigenvalue weighted by atomic mass is 9.77. The van der Waals surface area contributed by atoms with Gasteiger partial charge in [0.1, 0.15) is 5.75 Å². The molecule has 17 heavy (non-hydrogen) atoms. The summed E-state index contributed by atoms with van der Waals surface area (Å²) in [5, 5.41) is 13.1. The maximum Gasteiger partial charge on any atom is 0.115 e. The van der Waals surface area contributed by atoms with Gasteiger partial charge in [-0.05, 0) is 55.8 Å². The molecule has 1 unspecified atom stereocenters. The van der Waals surface area contributed by atoms with E-state index >= 15 is 0 Å². The Morgan fingerprint density at radius 3 is 2.82 bits per heavy atom. The first kappa shape index (κ1) is 12.4. The van der Waals surface area contributed by atoms with Gasteiger partial charge in [-0.15, -0.1) is 0 Å². The zero-order valence-corrected chi connectivity index (χ0v) is 10.7. The summed E-state index contributed by atoms with van der Waals surface area (Å²) in [5.74, 6) is 1.22. The lowest BCUT2D eigenvalue weighted by Crippen LogP contribution is -2.41. The minimum absolute atomic E-state index is 0.380. The van der Waals surface area contributed by atoms with E-state index < -0.39 is 0 Å². The highest BCUT2D eigenvalue weighted by Crippen LogP contribution is 2.31. The molecule has 0 aromatic heterocycles. The quantitative estimate of drug-likeness (QED) is 0.791. The number of phenolic OH excluding ortho intramolecular Hbond substituents is 1. The summed E-state index contributed by atoms with van der Waals surface area (Å²) in [5.41, 5.74) is 1.24. The first-order valence-electron chi connectivity index (χ1n) is 6.81. The normalized spacial score (nSPS) is 17.7. The second-order valence-corrected chi connectivity index (χ2v) is 5.13. The number of rotatable bonds is 6. The van der Waals surface area contributed by atoms with Crippen LogP contribution in [0.2, 0.25) is 0 Å². The lowest BCUT2D eigenvalue weighted by Gasteiger charge is -2.34. The van der Waals surface area contributed by atoms with E-state index in [1.165, 1.54) is 31.2 Å². The number of hydrogen-bond acceptors (Lipinski definition) is 2. The van der Waals surface area contributed by atoms with Gasteiger partial charge in [0.05, 0.1) is 0 Å². The van der Waals surface area contributed by atoms with E-state index in [1.54, 1.807) is 6.07 Å². The average Bonchev–Trinajstić information content (AvgIpc) is 2.23. The molecule has 0 saturated heterocycles. The van der Waals surface area contributed by atoms with Crippen molar-refractivity contribution in [3.63, 3.8) is 0 Å². The zero-order valence-electron chi connectivity index (χ0n) is 10.7. The molecule has 2 nitrogen and oxygen atoms in total. The summed E-state index contributed by atoms with van der Waals surface area (Å²) >= 11 is 0. The first-order valence-corrected chi connectivity index (χ1v) is 6.81. The SMILES string of the molecule is CCCNC(Cc1cccc(O)c1)C1CCC1. The van der Waals surface area contributed by atoms with Crippen LogP contribution in [0.15, 0.2) is 24.3 Å². The van der Waals surface area contributed by atoms with Crippen molar-refractivity contribution in [3.05, 3.63) is 29.8 Å². The number of hydrogen-bond donors (Lipinski definition) is 2. The van der Waals surface area contributed by atoms with Crippen LogP contribution >= 0.6 is 0 Å². The fraction of sp³-hybridized carbons (Fsp3) is 0.600. The minimum Gasteiger partial charge on any atom is -0.508 e. The van der Waals surface area contributed by atoms with Crippen LogP contribution in [-0.4, -0.2) is 17.7 Å². The molecular formula is C15H23NO. The van der Waals surface area contributed by atoms with Crippen molar-refractivity contribution in [1.82, 2.24) is 5.32 Å². The molecule has 1 aromatic carbocycles. The van der Waals surface area contributed by atoms with E-state index in [0.29, 0.717) is 11.8 Å². The van der Waals surface area contributed by atoms with Crippen molar-refractivity contribution in [1.29, 1.82) is 0 Å². The molecule has 0 spiro atoms. The van der Waals surface area contributed by atoms with Crippen LogP contribution in [0.5, 0.6) is 5.75 Å². The highest BCUT2D eigenvalue weighted by molar-refractivity contribution is 5.27. The summed E-state index contributed by atoms with van der Waals surface area (Å²) in [6.07, 6.45) is 6.33. The summed E-state index contributed by atoms with van der Waals surface area (Å²) in [6.45, 7) is 3.30. The molecule has 0 amide bonds. The van der Waals surface area contributed by atoms with E-state index in [0.717, 1.165) is 18.9 Å². The van der Waals surface area contributed by atoms with Gasteiger partial charge in [-0.2, -0.15) is 0 Å². The van der Waals surface area contributed by atoms with Crippen LogP contribution in [0.4, 0.5) is 0 Å². The van der Waals surface area contributed by atoms with Gasteiger partial charge in [0.15, 0.2) is 0 Å². The molecule has 1 aliphatic rings. The van der Waals surface area contributed by atoms with Crippen LogP contribution in [0.25, 0.3) is 0 Å². The Kier molecular flexibility index (Phi) is 4.43. The molecule has 2 N–H and O–H groups in total. The van der Waals surface area contributed by atoms with Gasteiger partial charge in [-0.1, -0.05) is 25.5 Å². The predicted molar refractivity (Wildman–Crippen MR) is 71.2 cm³/mol. The van der Waals surface area contributed by atoms with E-state index in [1.807, 2.05) is 12.1 Å². The van der Waals surface area contributed by atoms with Crippen LogP contribution in [0, 0.1) is 5.92 Å². The number of benzene rings is 1. The first-order chi connectivity index (χ1) is 8.29. The van der Waals surface area contributed by atoms with Crippen molar-refractivity contribution >= 4 is 0 Å². The van der Waals surface area contributed by atoms with Crippen LogP contribution in [-0.2, 0) is 6.42 Å². The standard InChI is InChI=1S/C15H23NO/c1-2-9-16-15(13-6-4-7-13)11-12-5-3-8-14(17)10-12/h3,5,8,10,13,15-17H,2,4,6-7,9,11H2,1H3. The number of nitrogens with one attached hydrogen (secondary N) is 1. The third-order valence-corrected chi connectivity index (χ3v) is 3.74. The van der Waals surface area contributed by atoms with Crippen LogP contribution < -0.4 is 5.32 Å². The smallest absolute Gasteiger partial charge is 0.115 e. The minimum atomic E-state index is 0.380. The summed E-state index contributed by atoms with van der Waals surface area (Å²) in [7, 11) is 0. The fourth-order valence-corrected chi connectivity index (χ4v) is 2.51. The second-order valence-electron chi connectivity index (χ2n) is 5.13.